The molecule has 0 aliphatic carbocycles. The topological polar surface area (TPSA) is 109 Å². The molecule has 1 saturated heterocycles. The average molecular weight is 494 g/mol. The van der Waals surface area contributed by atoms with Gasteiger partial charge < -0.3 is 10.6 Å². The summed E-state index contributed by atoms with van der Waals surface area (Å²) in [6.07, 6.45) is -4.76. The molecule has 0 spiro atoms. The van der Waals surface area contributed by atoms with Gasteiger partial charge in [0.05, 0.1) is 21.5 Å². The Balaban J connectivity index is 1.76. The third-order valence-electron chi connectivity index (χ3n) is 5.13. The third-order valence-corrected chi connectivity index (χ3v) is 7.36. The van der Waals surface area contributed by atoms with Crippen LogP contribution in [0.4, 0.5) is 25.1 Å². The first kappa shape index (κ1) is 24.4. The monoisotopic (exact) mass is 493 g/mol. The Morgan fingerprint density at radius 1 is 1.12 bits per heavy atom. The Hall–Kier alpha value is -2.22. The van der Waals surface area contributed by atoms with Gasteiger partial charge in [-0.2, -0.15) is 32.4 Å². The lowest BCUT2D eigenvalue weighted by atomic mass is 10.2. The second-order valence-electron chi connectivity index (χ2n) is 7.50. The van der Waals surface area contributed by atoms with Crippen LogP contribution in [-0.2, 0) is 16.2 Å². The van der Waals surface area contributed by atoms with Crippen molar-refractivity contribution in [2.75, 3.05) is 50.9 Å². The predicted molar refractivity (Wildman–Crippen MR) is 114 cm³/mol. The van der Waals surface area contributed by atoms with Gasteiger partial charge in [0, 0.05) is 40.3 Å². The quantitative estimate of drug-likeness (QED) is 0.675. The summed E-state index contributed by atoms with van der Waals surface area (Å²) in [5.74, 6) is 0.934. The highest BCUT2D eigenvalue weighted by atomic mass is 35.5. The molecule has 1 aliphatic rings. The number of nitrogens with zero attached hydrogens (tertiary/aromatic N) is 6. The minimum atomic E-state index is -4.76. The van der Waals surface area contributed by atoms with Gasteiger partial charge in [-0.1, -0.05) is 11.6 Å². The van der Waals surface area contributed by atoms with E-state index in [-0.39, 0.29) is 25.1 Å². The zero-order valence-electron chi connectivity index (χ0n) is 17.6. The van der Waals surface area contributed by atoms with Gasteiger partial charge in [0.15, 0.2) is 5.82 Å². The molecule has 32 heavy (non-hydrogen) atoms. The van der Waals surface area contributed by atoms with Crippen molar-refractivity contribution in [2.24, 2.45) is 0 Å². The minimum Gasteiger partial charge on any atom is -0.368 e. The number of piperazine rings is 1. The van der Waals surface area contributed by atoms with E-state index >= 15 is 0 Å². The molecule has 2 heterocycles. The van der Waals surface area contributed by atoms with Crippen LogP contribution < -0.4 is 10.6 Å². The van der Waals surface area contributed by atoms with Crippen molar-refractivity contribution in [3.8, 4) is 0 Å². The van der Waals surface area contributed by atoms with Crippen LogP contribution in [0.1, 0.15) is 24.4 Å². The fourth-order valence-electron chi connectivity index (χ4n) is 3.31. The summed E-state index contributed by atoms with van der Waals surface area (Å²) >= 11 is 5.61. The molecule has 1 fully saturated rings. The van der Waals surface area contributed by atoms with Crippen molar-refractivity contribution < 1.29 is 21.6 Å². The van der Waals surface area contributed by atoms with Crippen LogP contribution in [0, 0.1) is 0 Å². The first-order chi connectivity index (χ1) is 14.8. The normalized spacial score (nSPS) is 17.3. The maximum Gasteiger partial charge on any atom is 0.417 e. The number of benzene rings is 1. The first-order valence-electron chi connectivity index (χ1n) is 9.60. The molecule has 1 aromatic carbocycles. The SMILES string of the molecule is C[C@H](c1nc(N)nc(N(C)C)n1)N1CCN(S(=O)(=O)c2ccc(Cl)c(C(F)(F)F)c2)CC1. The van der Waals surface area contributed by atoms with Crippen molar-refractivity contribution in [1.29, 1.82) is 0 Å². The molecule has 1 aliphatic heterocycles. The van der Waals surface area contributed by atoms with Crippen molar-refractivity contribution in [3.63, 3.8) is 0 Å². The first-order valence-corrected chi connectivity index (χ1v) is 11.4. The van der Waals surface area contributed by atoms with Crippen LogP contribution in [0.25, 0.3) is 0 Å². The number of halogens is 4. The van der Waals surface area contributed by atoms with Gasteiger partial charge in [-0.3, -0.25) is 4.90 Å². The van der Waals surface area contributed by atoms with Crippen molar-refractivity contribution in [1.82, 2.24) is 24.2 Å². The fraction of sp³-hybridized carbons (Fsp3) is 0.500. The van der Waals surface area contributed by atoms with Crippen molar-refractivity contribution in [2.45, 2.75) is 24.0 Å². The standard InChI is InChI=1S/C18H23ClF3N7O2S/c1-11(15-24-16(23)26-17(25-15)27(2)3)28-6-8-29(9-7-28)32(30,31)12-4-5-14(19)13(10-12)18(20,21)22/h4-5,10-11H,6-9H2,1-3H3,(H2,23,24,25,26)/t11-/m1/s1. The molecule has 2 N–H and O–H groups in total. The van der Waals surface area contributed by atoms with Crippen LogP contribution in [0.3, 0.4) is 0 Å². The van der Waals surface area contributed by atoms with E-state index < -0.39 is 31.7 Å². The van der Waals surface area contributed by atoms with Gasteiger partial charge >= 0.3 is 6.18 Å². The number of aromatic nitrogens is 3. The molecular formula is C18H23ClF3N7O2S. The van der Waals surface area contributed by atoms with Gasteiger partial charge in [0.1, 0.15) is 0 Å². The highest BCUT2D eigenvalue weighted by molar-refractivity contribution is 7.89. The van der Waals surface area contributed by atoms with Crippen LogP contribution in [0.15, 0.2) is 23.1 Å². The summed E-state index contributed by atoms with van der Waals surface area (Å²) in [6.45, 7) is 2.73. The number of nitrogens with two attached hydrogens (primary N) is 1. The van der Waals surface area contributed by atoms with Gasteiger partial charge in [0.25, 0.3) is 0 Å². The van der Waals surface area contributed by atoms with Crippen LogP contribution in [0.5, 0.6) is 0 Å². The lowest BCUT2D eigenvalue weighted by Crippen LogP contribution is -2.49. The van der Waals surface area contributed by atoms with E-state index in [1.54, 1.807) is 19.0 Å². The van der Waals surface area contributed by atoms with Crippen LogP contribution >= 0.6 is 11.6 Å². The molecule has 0 bridgehead atoms. The molecule has 1 aromatic heterocycles. The molecule has 176 valence electrons. The fourth-order valence-corrected chi connectivity index (χ4v) is 4.98. The molecule has 0 saturated carbocycles. The number of nitrogen functional groups attached to an aromatic ring is 1. The lowest BCUT2D eigenvalue weighted by Gasteiger charge is -2.36. The van der Waals surface area contributed by atoms with E-state index in [1.807, 2.05) is 11.8 Å². The van der Waals surface area contributed by atoms with Crippen molar-refractivity contribution in [3.05, 3.63) is 34.6 Å². The van der Waals surface area contributed by atoms with E-state index in [4.69, 9.17) is 17.3 Å². The molecule has 3 rings (SSSR count). The number of rotatable bonds is 5. The van der Waals surface area contributed by atoms with Gasteiger partial charge in [-0.25, -0.2) is 8.42 Å². The van der Waals surface area contributed by atoms with Crippen molar-refractivity contribution >= 4 is 33.5 Å². The number of hydrogen-bond acceptors (Lipinski definition) is 8. The summed E-state index contributed by atoms with van der Waals surface area (Å²) in [7, 11) is -0.577. The van der Waals surface area contributed by atoms with Crippen LogP contribution in [0.2, 0.25) is 5.02 Å². The maximum atomic E-state index is 13.1. The Labute approximate surface area is 189 Å². The molecule has 0 unspecified atom stereocenters. The molecule has 0 radical (unpaired) electrons. The Kier molecular flexibility index (Phi) is 6.84. The van der Waals surface area contributed by atoms with E-state index in [1.165, 1.54) is 0 Å². The van der Waals surface area contributed by atoms with Gasteiger partial charge in [0.2, 0.25) is 21.9 Å². The van der Waals surface area contributed by atoms with Crippen LogP contribution in [-0.4, -0.2) is 72.8 Å². The Bertz CT molecular complexity index is 1090. The largest absolute Gasteiger partial charge is 0.417 e. The summed E-state index contributed by atoms with van der Waals surface area (Å²) in [5, 5.41) is -0.552. The Morgan fingerprint density at radius 2 is 1.75 bits per heavy atom. The Morgan fingerprint density at radius 3 is 2.31 bits per heavy atom. The maximum absolute atomic E-state index is 13.1. The average Bonchev–Trinajstić information content (AvgIpc) is 2.72. The molecule has 1 atom stereocenters. The second kappa shape index (κ2) is 8.96. The predicted octanol–water partition coefficient (Wildman–Crippen LogP) is 2.26. The summed E-state index contributed by atoms with van der Waals surface area (Å²) in [4.78, 5) is 15.9. The second-order valence-corrected chi connectivity index (χ2v) is 9.85. The summed E-state index contributed by atoms with van der Waals surface area (Å²) in [5.41, 5.74) is 4.59. The molecule has 2 aromatic rings. The van der Waals surface area contributed by atoms with Gasteiger partial charge in [-0.05, 0) is 25.1 Å². The van der Waals surface area contributed by atoms with E-state index in [0.29, 0.717) is 30.9 Å². The summed E-state index contributed by atoms with van der Waals surface area (Å²) < 4.78 is 66.4. The van der Waals surface area contributed by atoms with E-state index in [0.717, 1.165) is 16.4 Å². The number of alkyl halides is 3. The highest BCUT2D eigenvalue weighted by Gasteiger charge is 2.36. The molecule has 9 nitrogen and oxygen atoms in total. The van der Waals surface area contributed by atoms with Gasteiger partial charge in [-0.15, -0.1) is 0 Å². The zero-order chi connectivity index (χ0) is 23.8. The molecular weight excluding hydrogens is 471 g/mol. The van der Waals surface area contributed by atoms with E-state index in [9.17, 15) is 21.6 Å². The van der Waals surface area contributed by atoms with E-state index in [2.05, 4.69) is 15.0 Å². The summed E-state index contributed by atoms with van der Waals surface area (Å²) in [6, 6.07) is 2.33. The zero-order valence-corrected chi connectivity index (χ0v) is 19.2. The number of sulfonamides is 1. The molecule has 0 amide bonds. The number of hydrogen-bond donors (Lipinski definition) is 1. The highest BCUT2D eigenvalue weighted by Crippen LogP contribution is 2.36. The smallest absolute Gasteiger partial charge is 0.368 e. The lowest BCUT2D eigenvalue weighted by molar-refractivity contribution is -0.137. The number of anilines is 2. The minimum absolute atomic E-state index is 0.0787. The molecule has 14 heteroatoms. The third kappa shape index (κ3) is 5.05.